The molecule has 0 amide bonds. The molecule has 1 saturated heterocycles. The zero-order valence-electron chi connectivity index (χ0n) is 21.6. The van der Waals surface area contributed by atoms with Crippen molar-refractivity contribution in [2.75, 3.05) is 26.3 Å². The van der Waals surface area contributed by atoms with E-state index in [4.69, 9.17) is 21.1 Å². The standard InChI is InChI=1S/C29H39ClFNO4/c1-4-22-16-21(11-13-27(22)30)17-23-8-7-15-32(23)18-24(33)19-36-20(3)25-9-6-10-28(31)26(25)12-14-29(34)35-5-2/h6,9-11,13,16,20,23-24,33H,4-5,7-8,12,14-15,17-19H2,1-3H3/t20-,23?,24-/m1/s1. The van der Waals surface area contributed by atoms with Gasteiger partial charge in [-0.3, -0.25) is 9.69 Å². The van der Waals surface area contributed by atoms with Gasteiger partial charge in [0, 0.05) is 24.0 Å². The molecule has 2 aromatic rings. The van der Waals surface area contributed by atoms with E-state index >= 15 is 0 Å². The van der Waals surface area contributed by atoms with Crippen molar-refractivity contribution in [3.63, 3.8) is 0 Å². The maximum absolute atomic E-state index is 14.5. The average molecular weight is 520 g/mol. The molecular formula is C29H39ClFNO4. The SMILES string of the molecule is CCOC(=O)CCc1c(F)cccc1[C@@H](C)OC[C@H](O)CN1CCCC1Cc1ccc(Cl)c(CC)c1. The second-order valence-electron chi connectivity index (χ2n) is 9.52. The van der Waals surface area contributed by atoms with Crippen molar-refractivity contribution in [3.05, 3.63) is 69.5 Å². The van der Waals surface area contributed by atoms with Crippen LogP contribution in [0.15, 0.2) is 36.4 Å². The van der Waals surface area contributed by atoms with Crippen LogP contribution in [0, 0.1) is 5.82 Å². The van der Waals surface area contributed by atoms with Gasteiger partial charge in [0.15, 0.2) is 0 Å². The zero-order valence-corrected chi connectivity index (χ0v) is 22.4. The molecule has 1 fully saturated rings. The number of carbonyl (C=O) groups is 1. The number of likely N-dealkylation sites (tertiary alicyclic amines) is 1. The summed E-state index contributed by atoms with van der Waals surface area (Å²) in [4.78, 5) is 14.1. The third-order valence-electron chi connectivity index (χ3n) is 6.92. The molecule has 3 atom stereocenters. The van der Waals surface area contributed by atoms with Crippen molar-refractivity contribution in [3.8, 4) is 0 Å². The van der Waals surface area contributed by atoms with Crippen molar-refractivity contribution >= 4 is 17.6 Å². The Morgan fingerprint density at radius 2 is 2.08 bits per heavy atom. The van der Waals surface area contributed by atoms with Gasteiger partial charge in [-0.25, -0.2) is 4.39 Å². The molecule has 198 valence electrons. The van der Waals surface area contributed by atoms with Gasteiger partial charge in [-0.1, -0.05) is 42.8 Å². The highest BCUT2D eigenvalue weighted by Gasteiger charge is 2.27. The van der Waals surface area contributed by atoms with Crippen LogP contribution in [-0.2, 0) is 33.5 Å². The third kappa shape index (κ3) is 8.01. The topological polar surface area (TPSA) is 59.0 Å². The molecule has 1 aliphatic heterocycles. The van der Waals surface area contributed by atoms with Crippen LogP contribution in [-0.4, -0.2) is 54.4 Å². The smallest absolute Gasteiger partial charge is 0.306 e. The summed E-state index contributed by atoms with van der Waals surface area (Å²) in [6.45, 7) is 7.64. The Labute approximate surface area is 219 Å². The average Bonchev–Trinajstić information content (AvgIpc) is 3.29. The van der Waals surface area contributed by atoms with E-state index in [0.29, 0.717) is 30.3 Å². The fourth-order valence-corrected chi connectivity index (χ4v) is 5.26. The fourth-order valence-electron chi connectivity index (χ4n) is 5.01. The van der Waals surface area contributed by atoms with Gasteiger partial charge in [-0.2, -0.15) is 0 Å². The third-order valence-corrected chi connectivity index (χ3v) is 7.29. The van der Waals surface area contributed by atoms with Crippen LogP contribution in [0.1, 0.15) is 68.4 Å². The number of hydrogen-bond donors (Lipinski definition) is 1. The fraction of sp³-hybridized carbons (Fsp3) is 0.552. The molecule has 1 unspecified atom stereocenters. The van der Waals surface area contributed by atoms with E-state index in [1.165, 1.54) is 17.2 Å². The van der Waals surface area contributed by atoms with Crippen LogP contribution in [0.2, 0.25) is 5.02 Å². The van der Waals surface area contributed by atoms with Gasteiger partial charge in [0.2, 0.25) is 0 Å². The predicted octanol–water partition coefficient (Wildman–Crippen LogP) is 5.68. The normalized spacial score (nSPS) is 17.8. The minimum atomic E-state index is -0.652. The Bertz CT molecular complexity index is 1000. The van der Waals surface area contributed by atoms with Gasteiger partial charge < -0.3 is 14.6 Å². The van der Waals surface area contributed by atoms with Gasteiger partial charge in [0.25, 0.3) is 0 Å². The number of ether oxygens (including phenoxy) is 2. The molecule has 0 aliphatic carbocycles. The molecule has 0 radical (unpaired) electrons. The number of aryl methyl sites for hydroxylation is 1. The van der Waals surface area contributed by atoms with Crippen LogP contribution in [0.5, 0.6) is 0 Å². The Morgan fingerprint density at radius 3 is 2.83 bits per heavy atom. The van der Waals surface area contributed by atoms with E-state index in [2.05, 4.69) is 24.0 Å². The van der Waals surface area contributed by atoms with E-state index in [-0.39, 0.29) is 31.2 Å². The van der Waals surface area contributed by atoms with Gasteiger partial charge in [-0.15, -0.1) is 0 Å². The Balaban J connectivity index is 1.54. The minimum absolute atomic E-state index is 0.112. The van der Waals surface area contributed by atoms with E-state index in [1.807, 2.05) is 19.1 Å². The summed E-state index contributed by atoms with van der Waals surface area (Å²) in [6, 6.07) is 11.5. The van der Waals surface area contributed by atoms with Crippen molar-refractivity contribution in [1.29, 1.82) is 0 Å². The van der Waals surface area contributed by atoms with E-state index in [9.17, 15) is 14.3 Å². The number of benzene rings is 2. The number of β-amino-alcohol motifs (C(OH)–C–C–N with tert-alkyl or cyclic N) is 1. The maximum Gasteiger partial charge on any atom is 0.306 e. The molecule has 5 nitrogen and oxygen atoms in total. The van der Waals surface area contributed by atoms with Gasteiger partial charge >= 0.3 is 5.97 Å². The quantitative estimate of drug-likeness (QED) is 0.345. The lowest BCUT2D eigenvalue weighted by atomic mass is 9.98. The number of hydrogen-bond acceptors (Lipinski definition) is 5. The molecule has 3 rings (SSSR count). The molecule has 1 N–H and O–H groups in total. The van der Waals surface area contributed by atoms with Gasteiger partial charge in [-0.05, 0) is 86.9 Å². The molecule has 0 spiro atoms. The number of aliphatic hydroxyl groups excluding tert-OH is 1. The highest BCUT2D eigenvalue weighted by molar-refractivity contribution is 6.31. The van der Waals surface area contributed by atoms with E-state index in [0.717, 1.165) is 37.3 Å². The Morgan fingerprint density at radius 1 is 1.28 bits per heavy atom. The molecule has 2 aromatic carbocycles. The van der Waals surface area contributed by atoms with Crippen molar-refractivity contribution in [2.24, 2.45) is 0 Å². The van der Waals surface area contributed by atoms with Crippen LogP contribution in [0.3, 0.4) is 0 Å². The first-order chi connectivity index (χ1) is 17.3. The highest BCUT2D eigenvalue weighted by Crippen LogP contribution is 2.27. The van der Waals surface area contributed by atoms with Crippen LogP contribution in [0.4, 0.5) is 4.39 Å². The highest BCUT2D eigenvalue weighted by atomic mass is 35.5. The monoisotopic (exact) mass is 519 g/mol. The summed E-state index contributed by atoms with van der Waals surface area (Å²) < 4.78 is 25.5. The maximum atomic E-state index is 14.5. The van der Waals surface area contributed by atoms with Crippen LogP contribution >= 0.6 is 11.6 Å². The second-order valence-corrected chi connectivity index (χ2v) is 9.92. The lowest BCUT2D eigenvalue weighted by molar-refractivity contribution is -0.143. The first-order valence-electron chi connectivity index (χ1n) is 13.1. The summed E-state index contributed by atoms with van der Waals surface area (Å²) >= 11 is 6.28. The minimum Gasteiger partial charge on any atom is -0.466 e. The second kappa shape index (κ2) is 14.1. The number of aliphatic hydroxyl groups is 1. The Hall–Kier alpha value is -1.99. The zero-order chi connectivity index (χ0) is 26.1. The molecule has 7 heteroatoms. The summed E-state index contributed by atoms with van der Waals surface area (Å²) in [7, 11) is 0. The number of esters is 1. The first-order valence-corrected chi connectivity index (χ1v) is 13.4. The lowest BCUT2D eigenvalue weighted by Crippen LogP contribution is -2.39. The molecule has 1 aliphatic rings. The Kier molecular flexibility index (Phi) is 11.2. The van der Waals surface area contributed by atoms with E-state index < -0.39 is 12.2 Å². The molecule has 0 aromatic heterocycles. The van der Waals surface area contributed by atoms with Crippen LogP contribution in [0.25, 0.3) is 0 Å². The molecule has 0 bridgehead atoms. The van der Waals surface area contributed by atoms with Crippen molar-refractivity contribution < 1.29 is 23.8 Å². The van der Waals surface area contributed by atoms with Gasteiger partial charge in [0.1, 0.15) is 5.82 Å². The molecule has 36 heavy (non-hydrogen) atoms. The van der Waals surface area contributed by atoms with Crippen molar-refractivity contribution in [2.45, 2.75) is 77.5 Å². The molecule has 1 heterocycles. The summed E-state index contributed by atoms with van der Waals surface area (Å²) in [5.41, 5.74) is 3.59. The van der Waals surface area contributed by atoms with Crippen molar-refractivity contribution in [1.82, 2.24) is 4.90 Å². The number of halogens is 2. The summed E-state index contributed by atoms with van der Waals surface area (Å²) in [5, 5.41) is 11.6. The summed E-state index contributed by atoms with van der Waals surface area (Å²) in [6.07, 6.45) is 3.34. The number of nitrogens with zero attached hydrogens (tertiary/aromatic N) is 1. The molecular weight excluding hydrogens is 481 g/mol. The largest absolute Gasteiger partial charge is 0.466 e. The first kappa shape index (κ1) is 28.6. The number of carbonyl (C=O) groups excluding carboxylic acids is 1. The number of rotatable bonds is 13. The van der Waals surface area contributed by atoms with Gasteiger partial charge in [0.05, 0.1) is 25.4 Å². The lowest BCUT2D eigenvalue weighted by Gasteiger charge is -2.28. The summed E-state index contributed by atoms with van der Waals surface area (Å²) in [5.74, 6) is -0.707. The predicted molar refractivity (Wildman–Crippen MR) is 141 cm³/mol. The van der Waals surface area contributed by atoms with E-state index in [1.54, 1.807) is 13.0 Å². The van der Waals surface area contributed by atoms with Crippen LogP contribution < -0.4 is 0 Å². The molecule has 0 saturated carbocycles.